The van der Waals surface area contributed by atoms with E-state index in [-0.39, 0.29) is 25.2 Å². The Morgan fingerprint density at radius 3 is 0.667 bits per heavy atom. The number of rotatable bonds is 79. The first-order valence-corrected chi connectivity index (χ1v) is 41.5. The maximum Gasteiger partial charge on any atom is 0.306 e. The predicted molar refractivity (Wildman–Crippen MR) is 399 cm³/mol. The molecule has 0 spiro atoms. The van der Waals surface area contributed by atoms with Crippen LogP contribution >= 0.6 is 0 Å². The minimum Gasteiger partial charge on any atom is -0.462 e. The van der Waals surface area contributed by atoms with Gasteiger partial charge in [-0.15, -0.1) is 0 Å². The highest BCUT2D eigenvalue weighted by Crippen LogP contribution is 2.21. The van der Waals surface area contributed by atoms with Crippen molar-refractivity contribution in [1.82, 2.24) is 0 Å². The molecule has 5 nitrogen and oxygen atoms in total. The molecule has 0 radical (unpaired) electrons. The molecule has 0 saturated carbocycles. The van der Waals surface area contributed by atoms with Crippen LogP contribution in [0.5, 0.6) is 0 Å². The maximum absolute atomic E-state index is 12.4. The summed E-state index contributed by atoms with van der Waals surface area (Å²) in [6, 6.07) is 0. The Morgan fingerprint density at radius 1 is 0.256 bits per heavy atom. The number of unbranched alkanes of at least 4 members (excludes halogenated alkanes) is 65. The Labute approximate surface area is 565 Å². The molecule has 0 aliphatic carbocycles. The quantitative estimate of drug-likeness (QED) is 0.0373. The van der Waals surface area contributed by atoms with Gasteiger partial charge in [-0.1, -0.05) is 448 Å². The van der Waals surface area contributed by atoms with E-state index in [9.17, 15) is 14.7 Å². The van der Waals surface area contributed by atoms with Crippen LogP contribution in [0.15, 0.2) is 36.5 Å². The zero-order valence-corrected chi connectivity index (χ0v) is 61.4. The molecule has 0 aromatic heterocycles. The monoisotopic (exact) mass is 1260 g/mol. The molecule has 5 heteroatoms. The third-order valence-corrected chi connectivity index (χ3v) is 19.4. The van der Waals surface area contributed by atoms with E-state index in [1.807, 2.05) is 0 Å². The Bertz CT molecular complexity index is 1430. The summed E-state index contributed by atoms with van der Waals surface area (Å²) in [6.45, 7) is 4.21. The fraction of sp³-hybridized carbons (Fsp3) is 0.906. The minimum atomic E-state index is -0.769. The van der Waals surface area contributed by atoms with Crippen LogP contribution in [0.4, 0.5) is 0 Å². The zero-order valence-electron chi connectivity index (χ0n) is 61.4. The van der Waals surface area contributed by atoms with Gasteiger partial charge in [-0.05, 0) is 51.4 Å². The Hall–Kier alpha value is -1.88. The van der Waals surface area contributed by atoms with Crippen LogP contribution in [0, 0.1) is 0 Å². The molecule has 0 fully saturated rings. The molecule has 0 aromatic carbocycles. The van der Waals surface area contributed by atoms with Crippen molar-refractivity contribution in [3.63, 3.8) is 0 Å². The van der Waals surface area contributed by atoms with E-state index in [1.54, 1.807) is 0 Å². The topological polar surface area (TPSA) is 72.8 Å². The van der Waals surface area contributed by atoms with Crippen molar-refractivity contribution in [3.05, 3.63) is 36.5 Å². The predicted octanol–water partition coefficient (Wildman–Crippen LogP) is 29.2. The third-order valence-electron chi connectivity index (χ3n) is 19.4. The van der Waals surface area contributed by atoms with E-state index in [1.165, 1.54) is 405 Å². The van der Waals surface area contributed by atoms with Gasteiger partial charge in [0.05, 0.1) is 6.61 Å². The molecule has 0 aliphatic heterocycles. The smallest absolute Gasteiger partial charge is 0.306 e. The molecule has 0 rings (SSSR count). The molecular weight excluding hydrogens is 1100 g/mol. The van der Waals surface area contributed by atoms with E-state index in [4.69, 9.17) is 9.47 Å². The van der Waals surface area contributed by atoms with Crippen LogP contribution in [-0.4, -0.2) is 36.4 Å². The molecule has 0 aliphatic rings. The van der Waals surface area contributed by atoms with Gasteiger partial charge in [0, 0.05) is 12.8 Å². The van der Waals surface area contributed by atoms with Crippen LogP contribution in [0.2, 0.25) is 0 Å². The molecular formula is C85H162O5. The highest BCUT2D eigenvalue weighted by atomic mass is 16.6. The van der Waals surface area contributed by atoms with Crippen LogP contribution in [0.1, 0.15) is 476 Å². The summed E-state index contributed by atoms with van der Waals surface area (Å²) in [6.07, 6.45) is 110. The second kappa shape index (κ2) is 81.4. The number of hydrogen-bond acceptors (Lipinski definition) is 5. The summed E-state index contributed by atoms with van der Waals surface area (Å²) < 4.78 is 10.8. The van der Waals surface area contributed by atoms with Crippen molar-refractivity contribution in [2.45, 2.75) is 482 Å². The number of esters is 2. The summed E-state index contributed by atoms with van der Waals surface area (Å²) in [5, 5.41) is 9.73. The number of hydrogen-bond donors (Lipinski definition) is 1. The molecule has 0 saturated heterocycles. The lowest BCUT2D eigenvalue weighted by Gasteiger charge is -2.15. The fourth-order valence-corrected chi connectivity index (χ4v) is 13.2. The summed E-state index contributed by atoms with van der Waals surface area (Å²) >= 11 is 0. The Balaban J connectivity index is 3.35. The van der Waals surface area contributed by atoms with Crippen LogP contribution in [-0.2, 0) is 19.1 Å². The van der Waals surface area contributed by atoms with Gasteiger partial charge in [0.25, 0.3) is 0 Å². The summed E-state index contributed by atoms with van der Waals surface area (Å²) in [5.41, 5.74) is 0. The molecule has 0 aromatic rings. The van der Waals surface area contributed by atoms with Gasteiger partial charge < -0.3 is 14.6 Å². The lowest BCUT2D eigenvalue weighted by molar-refractivity contribution is -0.161. The van der Waals surface area contributed by atoms with Gasteiger partial charge in [-0.2, -0.15) is 0 Å². The maximum atomic E-state index is 12.4. The van der Waals surface area contributed by atoms with Gasteiger partial charge in [-0.25, -0.2) is 0 Å². The summed E-state index contributed by atoms with van der Waals surface area (Å²) in [4.78, 5) is 24.7. The summed E-state index contributed by atoms with van der Waals surface area (Å²) in [7, 11) is 0. The first-order valence-electron chi connectivity index (χ1n) is 41.5. The third kappa shape index (κ3) is 78.6. The van der Waals surface area contributed by atoms with Crippen molar-refractivity contribution >= 4 is 11.9 Å². The molecule has 532 valence electrons. The number of aliphatic hydroxyl groups is 1. The van der Waals surface area contributed by atoms with E-state index in [0.29, 0.717) is 12.8 Å². The van der Waals surface area contributed by atoms with E-state index in [2.05, 4.69) is 50.3 Å². The first-order chi connectivity index (χ1) is 44.6. The van der Waals surface area contributed by atoms with Crippen LogP contribution in [0.3, 0.4) is 0 Å². The largest absolute Gasteiger partial charge is 0.462 e. The normalized spacial score (nSPS) is 12.3. The van der Waals surface area contributed by atoms with E-state index < -0.39 is 6.10 Å². The van der Waals surface area contributed by atoms with Crippen molar-refractivity contribution in [3.8, 4) is 0 Å². The SMILES string of the molecule is CCCCCCC/C=C\C/C=C\C/C=C\CCCCCCCCCCCCCCCCCCCCCCCCCCC(=O)OC(CO)COC(=O)CCCCCCCCCCCCCCCCCCCCCCCCCCCCCCCCCCCCCCC. The minimum absolute atomic E-state index is 0.0576. The second-order valence-corrected chi connectivity index (χ2v) is 28.6. The summed E-state index contributed by atoms with van der Waals surface area (Å²) in [5.74, 6) is -0.560. The van der Waals surface area contributed by atoms with Crippen LogP contribution < -0.4 is 0 Å². The molecule has 0 heterocycles. The number of allylic oxidation sites excluding steroid dienone is 6. The lowest BCUT2D eigenvalue weighted by atomic mass is 10.0. The van der Waals surface area contributed by atoms with Gasteiger partial charge in [0.1, 0.15) is 6.61 Å². The number of carbonyl (C=O) groups excluding carboxylic acids is 2. The van der Waals surface area contributed by atoms with E-state index >= 15 is 0 Å². The number of carbonyl (C=O) groups is 2. The molecule has 90 heavy (non-hydrogen) atoms. The Morgan fingerprint density at radius 2 is 0.444 bits per heavy atom. The van der Waals surface area contributed by atoms with Crippen molar-refractivity contribution in [2.75, 3.05) is 13.2 Å². The van der Waals surface area contributed by atoms with Gasteiger partial charge in [0.15, 0.2) is 6.10 Å². The first kappa shape index (κ1) is 88.1. The standard InChI is InChI=1S/C85H162O5/c1-3-5-7-9-11-13-15-17-19-21-23-25-27-29-31-33-35-37-39-41-42-44-46-48-50-52-54-56-58-60-62-64-66-68-70-72-74-76-78-80-85(88)90-83(81-86)82-89-84(87)79-77-75-73-71-69-67-65-63-61-59-57-55-53-51-49-47-45-43-40-38-36-34-32-30-28-26-24-22-20-18-16-14-12-10-8-6-4-2/h15,17,21,23,27,29,83,86H,3-14,16,18-20,22,24-26,28,30-82H2,1-2H3/b17-15-,23-21-,29-27-. The number of ether oxygens (including phenoxy) is 2. The average Bonchev–Trinajstić information content (AvgIpc) is 3.59. The molecule has 0 bridgehead atoms. The molecule has 1 N–H and O–H groups in total. The molecule has 1 unspecified atom stereocenters. The van der Waals surface area contributed by atoms with E-state index in [0.717, 1.165) is 44.9 Å². The Kier molecular flexibility index (Phi) is 79.7. The molecule has 0 amide bonds. The van der Waals surface area contributed by atoms with Crippen LogP contribution in [0.25, 0.3) is 0 Å². The van der Waals surface area contributed by atoms with Crippen molar-refractivity contribution in [1.29, 1.82) is 0 Å². The number of aliphatic hydroxyl groups excluding tert-OH is 1. The zero-order chi connectivity index (χ0) is 64.7. The highest BCUT2D eigenvalue weighted by Gasteiger charge is 2.16. The van der Waals surface area contributed by atoms with Gasteiger partial charge >= 0.3 is 11.9 Å². The lowest BCUT2D eigenvalue weighted by Crippen LogP contribution is -2.28. The van der Waals surface area contributed by atoms with Gasteiger partial charge in [-0.3, -0.25) is 9.59 Å². The van der Waals surface area contributed by atoms with Crippen molar-refractivity contribution in [2.24, 2.45) is 0 Å². The average molecular weight is 1260 g/mol. The van der Waals surface area contributed by atoms with Gasteiger partial charge in [0.2, 0.25) is 0 Å². The molecule has 1 atom stereocenters. The second-order valence-electron chi connectivity index (χ2n) is 28.6. The fourth-order valence-electron chi connectivity index (χ4n) is 13.2. The van der Waals surface area contributed by atoms with Crippen molar-refractivity contribution < 1.29 is 24.2 Å². The highest BCUT2D eigenvalue weighted by molar-refractivity contribution is 5.70.